The Morgan fingerprint density at radius 2 is 2.22 bits per heavy atom. The Morgan fingerprint density at radius 1 is 1.44 bits per heavy atom. The normalized spacial score (nSPS) is 9.11. The van der Waals surface area contributed by atoms with Crippen LogP contribution in [0.5, 0.6) is 5.75 Å². The highest BCUT2D eigenvalue weighted by Crippen LogP contribution is 2.12. The molecule has 0 aliphatic carbocycles. The number of halogens is 1. The summed E-state index contributed by atoms with van der Waals surface area (Å²) < 4.78 is 4.82. The van der Waals surface area contributed by atoms with Crippen LogP contribution in [0.1, 0.15) is 0 Å². The van der Waals surface area contributed by atoms with Gasteiger partial charge in [-0.25, -0.2) is 0 Å². The van der Waals surface area contributed by atoms with E-state index in [0.29, 0.717) is 10.8 Å². The molecule has 1 rings (SSSR count). The van der Waals surface area contributed by atoms with E-state index in [1.54, 1.807) is 19.2 Å². The highest BCUT2D eigenvalue weighted by atomic mass is 35.5. The molecule has 1 aromatic rings. The maximum Gasteiger partial charge on any atom is 0.127 e. The summed E-state index contributed by atoms with van der Waals surface area (Å²) in [5.41, 5.74) is 0. The molecule has 0 N–H and O–H groups in total. The summed E-state index contributed by atoms with van der Waals surface area (Å²) in [6.45, 7) is 0. The molecule has 46 valence electrons. The van der Waals surface area contributed by atoms with E-state index in [1.165, 1.54) is 0 Å². The maximum atomic E-state index is 5.53. The van der Waals surface area contributed by atoms with Gasteiger partial charge in [-0.15, -0.1) is 0 Å². The van der Waals surface area contributed by atoms with Crippen molar-refractivity contribution in [2.45, 2.75) is 0 Å². The maximum absolute atomic E-state index is 5.53. The lowest BCUT2D eigenvalue weighted by Crippen LogP contribution is -1.80. The van der Waals surface area contributed by atoms with Crippen molar-refractivity contribution in [1.29, 1.82) is 0 Å². The van der Waals surface area contributed by atoms with E-state index in [4.69, 9.17) is 16.3 Å². The Morgan fingerprint density at radius 3 is 2.67 bits per heavy atom. The van der Waals surface area contributed by atoms with Crippen molar-refractivity contribution in [2.75, 3.05) is 7.11 Å². The van der Waals surface area contributed by atoms with Gasteiger partial charge < -0.3 is 4.74 Å². The molecule has 0 unspecified atom stereocenters. The minimum atomic E-state index is 0.552. The molecule has 2 radical (unpaired) electrons. The van der Waals surface area contributed by atoms with Crippen molar-refractivity contribution in [3.63, 3.8) is 0 Å². The first kappa shape index (κ1) is 6.43. The van der Waals surface area contributed by atoms with Crippen LogP contribution in [0.15, 0.2) is 12.1 Å². The van der Waals surface area contributed by atoms with Gasteiger partial charge in [0.25, 0.3) is 0 Å². The number of hydrogen-bond acceptors (Lipinski definition) is 1. The summed E-state index contributed by atoms with van der Waals surface area (Å²) in [4.78, 5) is 0. The quantitative estimate of drug-likeness (QED) is 0.580. The third kappa shape index (κ3) is 1.61. The first-order valence-electron chi connectivity index (χ1n) is 2.46. The van der Waals surface area contributed by atoms with E-state index in [-0.39, 0.29) is 0 Å². The van der Waals surface area contributed by atoms with Gasteiger partial charge in [0.2, 0.25) is 0 Å². The standard InChI is InChI=1S/C7H5ClO/c1-9-7-4-2-6(8)3-5-7/h2,5H,1H3. The third-order valence-electron chi connectivity index (χ3n) is 0.902. The molecule has 0 bridgehead atoms. The molecule has 2 heteroatoms. The molecule has 1 nitrogen and oxygen atoms in total. The molecule has 0 saturated carbocycles. The minimum absolute atomic E-state index is 0.552. The molecule has 0 aliphatic rings. The van der Waals surface area contributed by atoms with Crippen molar-refractivity contribution >= 4 is 11.6 Å². The Hall–Kier alpha value is -0.690. The average molecular weight is 141 g/mol. The summed E-state index contributed by atoms with van der Waals surface area (Å²) in [6, 6.07) is 8.81. The van der Waals surface area contributed by atoms with Gasteiger partial charge in [0.1, 0.15) is 5.75 Å². The lowest BCUT2D eigenvalue weighted by Gasteiger charge is -1.94. The van der Waals surface area contributed by atoms with Gasteiger partial charge in [0, 0.05) is 17.2 Å². The molecule has 0 atom stereocenters. The Bertz CT molecular complexity index is 181. The van der Waals surface area contributed by atoms with Crippen LogP contribution >= 0.6 is 11.6 Å². The zero-order valence-corrected chi connectivity index (χ0v) is 5.70. The highest BCUT2D eigenvalue weighted by molar-refractivity contribution is 6.30. The predicted octanol–water partition coefficient (Wildman–Crippen LogP) is 1.95. The first-order valence-corrected chi connectivity index (χ1v) is 2.83. The summed E-state index contributed by atoms with van der Waals surface area (Å²) in [6.07, 6.45) is 0. The van der Waals surface area contributed by atoms with Gasteiger partial charge in [-0.2, -0.15) is 0 Å². The summed E-state index contributed by atoms with van der Waals surface area (Å²) in [5, 5.41) is 0.552. The van der Waals surface area contributed by atoms with Crippen LogP contribution in [0.4, 0.5) is 0 Å². The molecule has 1 aromatic carbocycles. The monoisotopic (exact) mass is 140 g/mol. The lowest BCUT2D eigenvalue weighted by atomic mass is 10.3. The number of ether oxygens (including phenoxy) is 1. The second-order valence-corrected chi connectivity index (χ2v) is 1.90. The van der Waals surface area contributed by atoms with Crippen LogP contribution in [0.3, 0.4) is 0 Å². The van der Waals surface area contributed by atoms with Gasteiger partial charge in [0.05, 0.1) is 7.11 Å². The van der Waals surface area contributed by atoms with E-state index in [2.05, 4.69) is 12.1 Å². The van der Waals surface area contributed by atoms with Crippen molar-refractivity contribution in [3.8, 4) is 5.75 Å². The van der Waals surface area contributed by atoms with Crippen molar-refractivity contribution in [1.82, 2.24) is 0 Å². The SMILES string of the molecule is COc1[c]cc(Cl)[c]c1. The van der Waals surface area contributed by atoms with Crippen LogP contribution in [0.25, 0.3) is 0 Å². The molecule has 9 heavy (non-hydrogen) atoms. The van der Waals surface area contributed by atoms with Crippen molar-refractivity contribution in [2.24, 2.45) is 0 Å². The van der Waals surface area contributed by atoms with Gasteiger partial charge in [-0.05, 0) is 12.1 Å². The Balaban J connectivity index is 2.88. The van der Waals surface area contributed by atoms with Gasteiger partial charge in [-0.3, -0.25) is 0 Å². The number of rotatable bonds is 1. The molecule has 0 amide bonds. The fourth-order valence-corrected chi connectivity index (χ4v) is 0.579. The van der Waals surface area contributed by atoms with Crippen LogP contribution in [-0.4, -0.2) is 7.11 Å². The van der Waals surface area contributed by atoms with E-state index in [0.717, 1.165) is 0 Å². The molecule has 0 aliphatic heterocycles. The summed E-state index contributed by atoms with van der Waals surface area (Å²) in [5.74, 6) is 0.652. The number of benzene rings is 1. The predicted molar refractivity (Wildman–Crippen MR) is 35.7 cm³/mol. The fourth-order valence-electron chi connectivity index (χ4n) is 0.470. The molecule has 0 spiro atoms. The molecular formula is C7H5ClO. The number of methoxy groups -OCH3 is 1. The largest absolute Gasteiger partial charge is 0.496 e. The molecule has 0 saturated heterocycles. The Kier molecular flexibility index (Phi) is 1.96. The average Bonchev–Trinajstić information content (AvgIpc) is 1.90. The molecular weight excluding hydrogens is 136 g/mol. The van der Waals surface area contributed by atoms with Crippen molar-refractivity contribution < 1.29 is 4.74 Å². The molecule has 0 aromatic heterocycles. The zero-order valence-electron chi connectivity index (χ0n) is 4.94. The van der Waals surface area contributed by atoms with Crippen LogP contribution < -0.4 is 4.74 Å². The van der Waals surface area contributed by atoms with E-state index >= 15 is 0 Å². The van der Waals surface area contributed by atoms with Crippen molar-refractivity contribution in [3.05, 3.63) is 29.3 Å². The highest BCUT2D eigenvalue weighted by Gasteiger charge is 1.88. The second-order valence-electron chi connectivity index (χ2n) is 1.49. The van der Waals surface area contributed by atoms with E-state index in [9.17, 15) is 0 Å². The van der Waals surface area contributed by atoms with Crippen LogP contribution in [0, 0.1) is 12.1 Å². The van der Waals surface area contributed by atoms with Gasteiger partial charge >= 0.3 is 0 Å². The summed E-state index contributed by atoms with van der Waals surface area (Å²) >= 11 is 5.53. The smallest absolute Gasteiger partial charge is 0.127 e. The lowest BCUT2D eigenvalue weighted by molar-refractivity contribution is 0.414. The molecule has 0 fully saturated rings. The van der Waals surface area contributed by atoms with Crippen LogP contribution in [-0.2, 0) is 0 Å². The van der Waals surface area contributed by atoms with E-state index in [1.807, 2.05) is 0 Å². The Labute approximate surface area is 59.2 Å². The topological polar surface area (TPSA) is 9.23 Å². The van der Waals surface area contributed by atoms with Gasteiger partial charge in [-0.1, -0.05) is 11.6 Å². The van der Waals surface area contributed by atoms with Gasteiger partial charge in [0.15, 0.2) is 0 Å². The second kappa shape index (κ2) is 2.74. The zero-order chi connectivity index (χ0) is 6.69. The van der Waals surface area contributed by atoms with E-state index < -0.39 is 0 Å². The minimum Gasteiger partial charge on any atom is -0.496 e. The summed E-state index contributed by atoms with van der Waals surface area (Å²) in [7, 11) is 1.58. The fraction of sp³-hybridized carbons (Fsp3) is 0.143. The first-order chi connectivity index (χ1) is 4.33. The number of hydrogen-bond donors (Lipinski definition) is 0. The van der Waals surface area contributed by atoms with Crippen LogP contribution in [0.2, 0.25) is 5.02 Å². The molecule has 0 heterocycles. The third-order valence-corrected chi connectivity index (χ3v) is 1.12.